The number of nitrogens with one attached hydrogen (secondary N) is 1. The number of fused-ring (bicyclic) bond motifs is 1. The van der Waals surface area contributed by atoms with Gasteiger partial charge < -0.3 is 40.0 Å². The third-order valence-corrected chi connectivity index (χ3v) is 4.98. The van der Waals surface area contributed by atoms with E-state index >= 15 is 0 Å². The molecule has 0 amide bonds. The SMILES string of the molecule is COC1(CNc2ncnc3c2ncn3[C@@H]2O[C@H](CO)[C@@H](O)[C@@H]2O)OC=CC1O. The fourth-order valence-electron chi connectivity index (χ4n) is 3.32. The molecule has 6 atom stereocenters. The molecule has 2 unspecified atom stereocenters. The molecule has 0 aliphatic carbocycles. The molecule has 0 radical (unpaired) electrons. The lowest BCUT2D eigenvalue weighted by atomic mass is 10.1. The summed E-state index contributed by atoms with van der Waals surface area (Å²) < 4.78 is 17.7. The van der Waals surface area contributed by atoms with E-state index in [2.05, 4.69) is 20.3 Å². The lowest BCUT2D eigenvalue weighted by molar-refractivity contribution is -0.209. The van der Waals surface area contributed by atoms with E-state index in [0.717, 1.165) is 0 Å². The summed E-state index contributed by atoms with van der Waals surface area (Å²) in [5.74, 6) is -0.933. The zero-order valence-corrected chi connectivity index (χ0v) is 14.9. The highest BCUT2D eigenvalue weighted by Crippen LogP contribution is 2.32. The van der Waals surface area contributed by atoms with Crippen molar-refractivity contribution < 1.29 is 34.6 Å². The van der Waals surface area contributed by atoms with Crippen LogP contribution in [0.3, 0.4) is 0 Å². The molecule has 1 saturated heterocycles. The molecule has 4 rings (SSSR count). The van der Waals surface area contributed by atoms with E-state index in [1.165, 1.54) is 36.7 Å². The Morgan fingerprint density at radius 2 is 2.07 bits per heavy atom. The molecule has 0 spiro atoms. The first-order valence-electron chi connectivity index (χ1n) is 8.62. The van der Waals surface area contributed by atoms with Gasteiger partial charge in [0.15, 0.2) is 23.2 Å². The number of hydrogen-bond acceptors (Lipinski definition) is 11. The Labute approximate surface area is 159 Å². The molecule has 0 bridgehead atoms. The number of imidazole rings is 1. The molecule has 4 heterocycles. The molecule has 0 aromatic carbocycles. The number of aromatic nitrogens is 4. The van der Waals surface area contributed by atoms with Crippen molar-refractivity contribution >= 4 is 17.0 Å². The van der Waals surface area contributed by atoms with Crippen LogP contribution in [0.15, 0.2) is 25.0 Å². The summed E-state index contributed by atoms with van der Waals surface area (Å²) in [5, 5.41) is 42.6. The normalized spacial score (nSPS) is 34.8. The van der Waals surface area contributed by atoms with E-state index in [1.807, 2.05) is 0 Å². The van der Waals surface area contributed by atoms with Crippen molar-refractivity contribution in [2.75, 3.05) is 25.6 Å². The fourth-order valence-corrected chi connectivity index (χ4v) is 3.32. The molecule has 28 heavy (non-hydrogen) atoms. The van der Waals surface area contributed by atoms with Gasteiger partial charge in [0, 0.05) is 7.11 Å². The molecule has 152 valence electrons. The molecular formula is C16H21N5O7. The minimum absolute atomic E-state index is 0.0739. The van der Waals surface area contributed by atoms with Gasteiger partial charge in [0.1, 0.15) is 30.7 Å². The topological polar surface area (TPSA) is 164 Å². The third kappa shape index (κ3) is 2.90. The maximum atomic E-state index is 10.2. The first-order valence-corrected chi connectivity index (χ1v) is 8.62. The summed E-state index contributed by atoms with van der Waals surface area (Å²) in [4.78, 5) is 12.6. The lowest BCUT2D eigenvalue weighted by Crippen LogP contribution is -2.47. The van der Waals surface area contributed by atoms with Crippen LogP contribution in [0.4, 0.5) is 5.82 Å². The van der Waals surface area contributed by atoms with Gasteiger partial charge in [-0.2, -0.15) is 0 Å². The predicted octanol–water partition coefficient (Wildman–Crippen LogP) is -1.90. The quantitative estimate of drug-likeness (QED) is 0.371. The van der Waals surface area contributed by atoms with Crippen molar-refractivity contribution in [3.8, 4) is 0 Å². The molecule has 0 saturated carbocycles. The molecular weight excluding hydrogens is 374 g/mol. The van der Waals surface area contributed by atoms with Crippen molar-refractivity contribution in [1.29, 1.82) is 0 Å². The molecule has 1 fully saturated rings. The molecule has 2 aliphatic heterocycles. The van der Waals surface area contributed by atoms with Gasteiger partial charge in [-0.25, -0.2) is 15.0 Å². The van der Waals surface area contributed by atoms with Crippen LogP contribution in [0.25, 0.3) is 11.2 Å². The average molecular weight is 395 g/mol. The van der Waals surface area contributed by atoms with Gasteiger partial charge in [0.05, 0.1) is 25.7 Å². The van der Waals surface area contributed by atoms with Gasteiger partial charge in [-0.15, -0.1) is 0 Å². The van der Waals surface area contributed by atoms with Gasteiger partial charge in [0.25, 0.3) is 5.79 Å². The highest BCUT2D eigenvalue weighted by atomic mass is 16.7. The molecule has 2 aromatic heterocycles. The van der Waals surface area contributed by atoms with E-state index in [1.54, 1.807) is 0 Å². The van der Waals surface area contributed by atoms with E-state index in [4.69, 9.17) is 14.2 Å². The largest absolute Gasteiger partial charge is 0.465 e. The van der Waals surface area contributed by atoms with Crippen LogP contribution in [-0.4, -0.2) is 90.4 Å². The molecule has 12 heteroatoms. The number of aliphatic hydroxyl groups excluding tert-OH is 4. The third-order valence-electron chi connectivity index (χ3n) is 4.98. The number of hydrogen-bond donors (Lipinski definition) is 5. The van der Waals surface area contributed by atoms with Crippen LogP contribution in [0, 0.1) is 0 Å². The van der Waals surface area contributed by atoms with Crippen molar-refractivity contribution in [2.45, 2.75) is 36.4 Å². The first-order chi connectivity index (χ1) is 13.5. The summed E-state index contributed by atoms with van der Waals surface area (Å²) in [6, 6.07) is 0. The highest BCUT2D eigenvalue weighted by Gasteiger charge is 2.44. The standard InChI is InChI=1S/C16H21N5O7/c1-26-16(9(23)2-3-27-16)5-17-13-10-14(19-6-18-13)21(7-20-10)15-12(25)11(24)8(4-22)28-15/h2-3,6-9,11-12,15,22-25H,4-5H2,1H3,(H,17,18,19)/t8-,9?,11-,12+,15-,16?/m1/s1. The van der Waals surface area contributed by atoms with E-state index in [9.17, 15) is 20.4 Å². The number of aliphatic hydroxyl groups is 4. The van der Waals surface area contributed by atoms with Gasteiger partial charge >= 0.3 is 0 Å². The van der Waals surface area contributed by atoms with Crippen molar-refractivity contribution in [1.82, 2.24) is 19.5 Å². The van der Waals surface area contributed by atoms with Crippen LogP contribution in [0.1, 0.15) is 6.23 Å². The van der Waals surface area contributed by atoms with Crippen molar-refractivity contribution in [3.05, 3.63) is 25.0 Å². The highest BCUT2D eigenvalue weighted by molar-refractivity contribution is 5.82. The smallest absolute Gasteiger partial charge is 0.256 e. The number of rotatable bonds is 6. The Hall–Kier alpha value is -2.35. The Balaban J connectivity index is 1.59. The second-order valence-corrected chi connectivity index (χ2v) is 6.54. The molecule has 2 aromatic rings. The Morgan fingerprint density at radius 1 is 1.25 bits per heavy atom. The van der Waals surface area contributed by atoms with Crippen molar-refractivity contribution in [2.24, 2.45) is 0 Å². The van der Waals surface area contributed by atoms with Crippen LogP contribution in [0.2, 0.25) is 0 Å². The van der Waals surface area contributed by atoms with Crippen LogP contribution in [-0.2, 0) is 14.2 Å². The Morgan fingerprint density at radius 3 is 2.71 bits per heavy atom. The van der Waals surface area contributed by atoms with Crippen LogP contribution in [0.5, 0.6) is 0 Å². The minimum atomic E-state index is -1.29. The number of nitrogens with zero attached hydrogens (tertiary/aromatic N) is 4. The average Bonchev–Trinajstić information content (AvgIpc) is 3.37. The van der Waals surface area contributed by atoms with E-state index in [0.29, 0.717) is 17.0 Å². The number of methoxy groups -OCH3 is 1. The summed E-state index contributed by atoms with van der Waals surface area (Å²) in [7, 11) is 1.42. The monoisotopic (exact) mass is 395 g/mol. The van der Waals surface area contributed by atoms with Gasteiger partial charge in [-0.3, -0.25) is 4.57 Å². The number of anilines is 1. The first kappa shape index (κ1) is 19.0. The van der Waals surface area contributed by atoms with Gasteiger partial charge in [-0.05, 0) is 6.08 Å². The molecule has 2 aliphatic rings. The van der Waals surface area contributed by atoms with E-state index < -0.39 is 43.0 Å². The zero-order chi connectivity index (χ0) is 19.9. The summed E-state index contributed by atoms with van der Waals surface area (Å²) in [6.07, 6.45) is 0.208. The fraction of sp³-hybridized carbons (Fsp3) is 0.562. The second kappa shape index (κ2) is 7.24. The summed E-state index contributed by atoms with van der Waals surface area (Å²) >= 11 is 0. The Kier molecular flexibility index (Phi) is 4.91. The Bertz CT molecular complexity index is 876. The van der Waals surface area contributed by atoms with Crippen LogP contribution >= 0.6 is 0 Å². The van der Waals surface area contributed by atoms with Crippen LogP contribution < -0.4 is 5.32 Å². The van der Waals surface area contributed by atoms with Gasteiger partial charge in [-0.1, -0.05) is 0 Å². The second-order valence-electron chi connectivity index (χ2n) is 6.54. The maximum Gasteiger partial charge on any atom is 0.256 e. The zero-order valence-electron chi connectivity index (χ0n) is 14.9. The predicted molar refractivity (Wildman–Crippen MR) is 92.8 cm³/mol. The minimum Gasteiger partial charge on any atom is -0.465 e. The summed E-state index contributed by atoms with van der Waals surface area (Å²) in [5.41, 5.74) is 0.733. The summed E-state index contributed by atoms with van der Waals surface area (Å²) in [6.45, 7) is -0.358. The maximum absolute atomic E-state index is 10.2. The van der Waals surface area contributed by atoms with Gasteiger partial charge in [0.2, 0.25) is 0 Å². The van der Waals surface area contributed by atoms with E-state index in [-0.39, 0.29) is 6.54 Å². The number of ether oxygens (including phenoxy) is 3. The molecule has 5 N–H and O–H groups in total. The lowest BCUT2D eigenvalue weighted by Gasteiger charge is -2.30. The molecule has 12 nitrogen and oxygen atoms in total. The van der Waals surface area contributed by atoms with Crippen molar-refractivity contribution in [3.63, 3.8) is 0 Å².